The van der Waals surface area contributed by atoms with Gasteiger partial charge in [-0.1, -0.05) is 13.0 Å². The number of phenolic OH excluding ortho intramolecular Hbond substituents is 2. The van der Waals surface area contributed by atoms with E-state index in [4.69, 9.17) is 11.1 Å². The molecule has 0 fully saturated rings. The number of para-hydroxylation sites is 1. The summed E-state index contributed by atoms with van der Waals surface area (Å²) in [6.07, 6.45) is 1.33. The van der Waals surface area contributed by atoms with Crippen LogP contribution in [0.1, 0.15) is 19.8 Å². The number of amidine groups is 2. The third kappa shape index (κ3) is 3.13. The second kappa shape index (κ2) is 5.82. The molecule has 2 rings (SSSR count). The third-order valence-electron chi connectivity index (χ3n) is 3.52. The van der Waals surface area contributed by atoms with E-state index >= 15 is 0 Å². The number of nitrogens with zero attached hydrogens (tertiary/aromatic N) is 3. The Morgan fingerprint density at radius 1 is 1.33 bits per heavy atom. The minimum Gasteiger partial charge on any atom is -0.504 e. The number of aliphatic imine (C=N–C) groups is 2. The molecule has 21 heavy (non-hydrogen) atoms. The van der Waals surface area contributed by atoms with Crippen molar-refractivity contribution in [1.29, 1.82) is 5.41 Å². The first-order valence-corrected chi connectivity index (χ1v) is 6.65. The van der Waals surface area contributed by atoms with E-state index < -0.39 is 0 Å². The predicted octanol–water partition coefficient (Wildman–Crippen LogP) is 1.65. The Hall–Kier alpha value is -2.57. The molecule has 0 amide bonds. The van der Waals surface area contributed by atoms with Crippen molar-refractivity contribution in [1.82, 2.24) is 0 Å². The fraction of sp³-hybridized carbons (Fsp3) is 0.357. The van der Waals surface area contributed by atoms with Crippen LogP contribution in [0.5, 0.6) is 11.5 Å². The molecule has 7 heteroatoms. The number of hydrogen-bond acceptors (Lipinski definition) is 5. The fourth-order valence-electron chi connectivity index (χ4n) is 2.10. The van der Waals surface area contributed by atoms with Crippen LogP contribution in [0.2, 0.25) is 0 Å². The molecule has 1 aliphatic rings. The maximum absolute atomic E-state index is 9.94. The van der Waals surface area contributed by atoms with E-state index in [0.717, 1.165) is 6.42 Å². The predicted molar refractivity (Wildman–Crippen MR) is 83.4 cm³/mol. The molecule has 1 atom stereocenters. The standard InChI is InChI=1S/C14H19N5O2/c1-8-6-7-11(17-14(16)18-13(8)15)19(2)9-4-3-5-10(20)12(9)21/h3-5,8,20-21H,6-7H2,1-2H3,(H3,15,16,18). The van der Waals surface area contributed by atoms with Gasteiger partial charge >= 0.3 is 0 Å². The first-order valence-electron chi connectivity index (χ1n) is 6.65. The molecule has 0 saturated heterocycles. The molecule has 5 N–H and O–H groups in total. The molecular weight excluding hydrogens is 270 g/mol. The summed E-state index contributed by atoms with van der Waals surface area (Å²) >= 11 is 0. The van der Waals surface area contributed by atoms with Gasteiger partial charge in [0.25, 0.3) is 0 Å². The van der Waals surface area contributed by atoms with Crippen molar-refractivity contribution >= 4 is 23.3 Å². The van der Waals surface area contributed by atoms with Crippen LogP contribution in [-0.2, 0) is 0 Å². The van der Waals surface area contributed by atoms with E-state index in [9.17, 15) is 10.2 Å². The fourth-order valence-corrected chi connectivity index (χ4v) is 2.10. The molecule has 0 saturated carbocycles. The van der Waals surface area contributed by atoms with Gasteiger partial charge in [0.1, 0.15) is 11.7 Å². The zero-order chi connectivity index (χ0) is 15.6. The van der Waals surface area contributed by atoms with Crippen LogP contribution in [0.3, 0.4) is 0 Å². The number of benzene rings is 1. The van der Waals surface area contributed by atoms with Crippen LogP contribution in [0.4, 0.5) is 5.69 Å². The maximum Gasteiger partial charge on any atom is 0.245 e. The van der Waals surface area contributed by atoms with E-state index in [1.165, 1.54) is 6.07 Å². The molecule has 1 aromatic carbocycles. The van der Waals surface area contributed by atoms with Crippen LogP contribution < -0.4 is 10.6 Å². The Bertz CT molecular complexity index is 624. The van der Waals surface area contributed by atoms with E-state index in [2.05, 4.69) is 9.98 Å². The lowest BCUT2D eigenvalue weighted by Crippen LogP contribution is -2.31. The Morgan fingerprint density at radius 3 is 2.76 bits per heavy atom. The van der Waals surface area contributed by atoms with Gasteiger partial charge in [-0.2, -0.15) is 9.98 Å². The van der Waals surface area contributed by atoms with Crippen molar-refractivity contribution in [3.63, 3.8) is 0 Å². The van der Waals surface area contributed by atoms with Crippen molar-refractivity contribution in [2.24, 2.45) is 21.6 Å². The highest BCUT2D eigenvalue weighted by Crippen LogP contribution is 2.35. The minimum atomic E-state index is -0.215. The van der Waals surface area contributed by atoms with E-state index in [0.29, 0.717) is 23.8 Å². The molecule has 0 radical (unpaired) electrons. The average Bonchev–Trinajstić information content (AvgIpc) is 2.44. The lowest BCUT2D eigenvalue weighted by atomic mass is 10.0. The number of guanidine groups is 1. The highest BCUT2D eigenvalue weighted by molar-refractivity contribution is 6.08. The highest BCUT2D eigenvalue weighted by Gasteiger charge is 2.19. The Kier molecular flexibility index (Phi) is 4.11. The lowest BCUT2D eigenvalue weighted by Gasteiger charge is -2.24. The zero-order valence-corrected chi connectivity index (χ0v) is 12.0. The van der Waals surface area contributed by atoms with Gasteiger partial charge in [0, 0.05) is 19.4 Å². The molecule has 0 aromatic heterocycles. The van der Waals surface area contributed by atoms with Crippen LogP contribution >= 0.6 is 0 Å². The summed E-state index contributed by atoms with van der Waals surface area (Å²) in [7, 11) is 1.72. The Morgan fingerprint density at radius 2 is 2.05 bits per heavy atom. The first kappa shape index (κ1) is 14.8. The largest absolute Gasteiger partial charge is 0.504 e. The molecule has 112 valence electrons. The number of phenols is 2. The normalized spacial score (nSPS) is 19.3. The van der Waals surface area contributed by atoms with Gasteiger partial charge in [-0.3, -0.25) is 5.41 Å². The van der Waals surface area contributed by atoms with Gasteiger partial charge in [0.05, 0.1) is 5.69 Å². The summed E-state index contributed by atoms with van der Waals surface area (Å²) in [5.41, 5.74) is 6.19. The second-order valence-electron chi connectivity index (χ2n) is 5.03. The monoisotopic (exact) mass is 289 g/mol. The molecule has 1 aromatic rings. The smallest absolute Gasteiger partial charge is 0.245 e. The van der Waals surface area contributed by atoms with Crippen molar-refractivity contribution < 1.29 is 10.2 Å². The summed E-state index contributed by atoms with van der Waals surface area (Å²) in [6.45, 7) is 1.95. The van der Waals surface area contributed by atoms with E-state index in [-0.39, 0.29) is 23.4 Å². The molecule has 0 bridgehead atoms. The summed E-state index contributed by atoms with van der Waals surface area (Å²) in [5, 5.41) is 27.3. The summed E-state index contributed by atoms with van der Waals surface area (Å²) < 4.78 is 0. The molecule has 7 nitrogen and oxygen atoms in total. The Labute approximate surface area is 123 Å². The van der Waals surface area contributed by atoms with Crippen LogP contribution in [0.25, 0.3) is 0 Å². The third-order valence-corrected chi connectivity index (χ3v) is 3.52. The molecule has 1 aliphatic heterocycles. The van der Waals surface area contributed by atoms with E-state index in [1.54, 1.807) is 24.1 Å². The molecule has 0 spiro atoms. The summed E-state index contributed by atoms with van der Waals surface area (Å²) in [4.78, 5) is 9.72. The average molecular weight is 289 g/mol. The molecule has 0 aliphatic carbocycles. The van der Waals surface area contributed by atoms with Crippen molar-refractivity contribution in [3.05, 3.63) is 18.2 Å². The van der Waals surface area contributed by atoms with Crippen molar-refractivity contribution in [2.75, 3.05) is 11.9 Å². The van der Waals surface area contributed by atoms with Crippen LogP contribution in [-0.4, -0.2) is 34.9 Å². The maximum atomic E-state index is 9.94. The Balaban J connectivity index is 2.36. The number of aromatic hydroxyl groups is 2. The van der Waals surface area contributed by atoms with Gasteiger partial charge in [-0.05, 0) is 18.6 Å². The molecule has 1 heterocycles. The van der Waals surface area contributed by atoms with Gasteiger partial charge in [0.2, 0.25) is 5.96 Å². The van der Waals surface area contributed by atoms with Crippen molar-refractivity contribution in [2.45, 2.75) is 19.8 Å². The van der Waals surface area contributed by atoms with Gasteiger partial charge in [-0.25, -0.2) is 0 Å². The topological polar surface area (TPSA) is 118 Å². The number of anilines is 1. The first-order chi connectivity index (χ1) is 9.90. The number of hydrogen-bond donors (Lipinski definition) is 4. The molecule has 1 unspecified atom stereocenters. The number of nitrogens with one attached hydrogen (secondary N) is 1. The number of nitrogens with two attached hydrogens (primary N) is 1. The van der Waals surface area contributed by atoms with Crippen LogP contribution in [0, 0.1) is 11.3 Å². The van der Waals surface area contributed by atoms with Gasteiger partial charge < -0.3 is 20.8 Å². The minimum absolute atomic E-state index is 0.0574. The second-order valence-corrected chi connectivity index (χ2v) is 5.03. The lowest BCUT2D eigenvalue weighted by molar-refractivity contribution is 0.404. The summed E-state index contributed by atoms with van der Waals surface area (Å²) in [6, 6.07) is 4.71. The molecular formula is C14H19N5O2. The van der Waals surface area contributed by atoms with E-state index in [1.807, 2.05) is 6.92 Å². The summed E-state index contributed by atoms with van der Waals surface area (Å²) in [5.74, 6) is 0.473. The van der Waals surface area contributed by atoms with Crippen molar-refractivity contribution in [3.8, 4) is 11.5 Å². The SMILES string of the molecule is CC1CCC(N(C)c2cccc(O)c2O)=NC(=N)N=C1N. The van der Waals surface area contributed by atoms with Crippen LogP contribution in [0.15, 0.2) is 28.2 Å². The zero-order valence-electron chi connectivity index (χ0n) is 12.0. The number of rotatable bonds is 1. The quantitative estimate of drug-likeness (QED) is 0.588. The highest BCUT2D eigenvalue weighted by atomic mass is 16.3. The van der Waals surface area contributed by atoms with Gasteiger partial charge in [-0.15, -0.1) is 0 Å². The van der Waals surface area contributed by atoms with Gasteiger partial charge in [0.15, 0.2) is 11.5 Å².